The minimum atomic E-state index is -2.94. The Morgan fingerprint density at radius 2 is 1.83 bits per heavy atom. The first-order valence-corrected chi connectivity index (χ1v) is 5.91. The van der Waals surface area contributed by atoms with Crippen LogP contribution in [0.2, 0.25) is 0 Å². The Bertz CT molecular complexity index is 311. The van der Waals surface area contributed by atoms with Crippen molar-refractivity contribution in [3.05, 3.63) is 0 Å². The molecular weight excluding hydrogens is 244 g/mol. The van der Waals surface area contributed by atoms with Crippen LogP contribution in [0.3, 0.4) is 0 Å². The maximum absolute atomic E-state index is 12.3. The van der Waals surface area contributed by atoms with Crippen molar-refractivity contribution < 1.29 is 18.4 Å². The average Bonchev–Trinajstić information content (AvgIpc) is 2.53. The van der Waals surface area contributed by atoms with Crippen LogP contribution in [0.1, 0.15) is 6.42 Å². The van der Waals surface area contributed by atoms with Gasteiger partial charge in [-0.3, -0.25) is 14.5 Å². The topological polar surface area (TPSA) is 43.9 Å². The molecule has 0 aromatic carbocycles. The maximum atomic E-state index is 12.3. The second kappa shape index (κ2) is 6.63. The SMILES string of the molecule is CN(C)C(=O)CN1CCCN(C(=O)C(F)F)CC1. The summed E-state index contributed by atoms with van der Waals surface area (Å²) >= 11 is 0. The molecular formula is C11H19F2N3O2. The van der Waals surface area contributed by atoms with E-state index in [1.807, 2.05) is 4.90 Å². The smallest absolute Gasteiger partial charge is 0.315 e. The summed E-state index contributed by atoms with van der Waals surface area (Å²) < 4.78 is 24.6. The molecule has 5 nitrogen and oxygen atoms in total. The molecule has 0 bridgehead atoms. The number of rotatable bonds is 3. The number of alkyl halides is 2. The minimum Gasteiger partial charge on any atom is -0.348 e. The van der Waals surface area contributed by atoms with Crippen LogP contribution in [-0.4, -0.2) is 79.8 Å². The average molecular weight is 263 g/mol. The van der Waals surface area contributed by atoms with Gasteiger partial charge in [-0.15, -0.1) is 0 Å². The molecule has 1 saturated heterocycles. The molecule has 1 aliphatic heterocycles. The molecule has 0 spiro atoms. The molecule has 0 unspecified atom stereocenters. The number of likely N-dealkylation sites (N-methyl/N-ethyl adjacent to an activating group) is 1. The second-order valence-corrected chi connectivity index (χ2v) is 4.54. The summed E-state index contributed by atoms with van der Waals surface area (Å²) in [6.07, 6.45) is -2.33. The highest BCUT2D eigenvalue weighted by Crippen LogP contribution is 2.07. The van der Waals surface area contributed by atoms with Crippen LogP contribution in [-0.2, 0) is 9.59 Å². The Morgan fingerprint density at radius 1 is 1.17 bits per heavy atom. The van der Waals surface area contributed by atoms with E-state index in [0.717, 1.165) is 0 Å². The summed E-state index contributed by atoms with van der Waals surface area (Å²) in [6.45, 7) is 1.95. The van der Waals surface area contributed by atoms with Crippen molar-refractivity contribution in [2.75, 3.05) is 46.8 Å². The van der Waals surface area contributed by atoms with E-state index in [9.17, 15) is 18.4 Å². The van der Waals surface area contributed by atoms with Crippen molar-refractivity contribution in [1.29, 1.82) is 0 Å². The summed E-state index contributed by atoms with van der Waals surface area (Å²) in [4.78, 5) is 27.3. The molecule has 1 rings (SSSR count). The molecule has 0 saturated carbocycles. The highest BCUT2D eigenvalue weighted by Gasteiger charge is 2.26. The van der Waals surface area contributed by atoms with Crippen molar-refractivity contribution in [1.82, 2.24) is 14.7 Å². The Balaban J connectivity index is 2.46. The summed E-state index contributed by atoms with van der Waals surface area (Å²) in [5.74, 6) is -1.14. The van der Waals surface area contributed by atoms with E-state index in [1.165, 1.54) is 9.80 Å². The van der Waals surface area contributed by atoms with Gasteiger partial charge in [-0.1, -0.05) is 0 Å². The van der Waals surface area contributed by atoms with Crippen LogP contribution in [0.25, 0.3) is 0 Å². The fourth-order valence-electron chi connectivity index (χ4n) is 1.82. The molecule has 0 atom stereocenters. The molecule has 2 amide bonds. The van der Waals surface area contributed by atoms with E-state index in [-0.39, 0.29) is 19.0 Å². The molecule has 0 N–H and O–H groups in total. The minimum absolute atomic E-state index is 0.0244. The van der Waals surface area contributed by atoms with E-state index in [4.69, 9.17) is 0 Å². The molecule has 1 heterocycles. The zero-order chi connectivity index (χ0) is 13.7. The van der Waals surface area contributed by atoms with Crippen LogP contribution < -0.4 is 0 Å². The predicted octanol–water partition coefficient (Wildman–Crippen LogP) is -0.126. The third kappa shape index (κ3) is 4.21. The fourth-order valence-corrected chi connectivity index (χ4v) is 1.82. The lowest BCUT2D eigenvalue weighted by Crippen LogP contribution is -2.41. The van der Waals surface area contributed by atoms with Gasteiger partial charge in [0.05, 0.1) is 6.54 Å². The Morgan fingerprint density at radius 3 is 2.39 bits per heavy atom. The predicted molar refractivity (Wildman–Crippen MR) is 62.3 cm³/mol. The van der Waals surface area contributed by atoms with Crippen molar-refractivity contribution in [3.63, 3.8) is 0 Å². The Hall–Kier alpha value is -1.24. The van der Waals surface area contributed by atoms with Crippen LogP contribution in [0.15, 0.2) is 0 Å². The fraction of sp³-hybridized carbons (Fsp3) is 0.818. The van der Waals surface area contributed by atoms with E-state index in [1.54, 1.807) is 14.1 Å². The van der Waals surface area contributed by atoms with Gasteiger partial charge in [-0.05, 0) is 6.42 Å². The van der Waals surface area contributed by atoms with Crippen LogP contribution in [0.4, 0.5) is 8.78 Å². The quantitative estimate of drug-likeness (QED) is 0.712. The van der Waals surface area contributed by atoms with Crippen molar-refractivity contribution in [2.45, 2.75) is 12.8 Å². The van der Waals surface area contributed by atoms with E-state index in [0.29, 0.717) is 26.1 Å². The lowest BCUT2D eigenvalue weighted by atomic mass is 10.3. The first kappa shape index (κ1) is 14.8. The highest BCUT2D eigenvalue weighted by atomic mass is 19.3. The molecule has 7 heteroatoms. The molecule has 104 valence electrons. The van der Waals surface area contributed by atoms with Crippen LogP contribution >= 0.6 is 0 Å². The molecule has 0 aliphatic carbocycles. The molecule has 0 aromatic rings. The first-order valence-electron chi connectivity index (χ1n) is 5.91. The first-order chi connectivity index (χ1) is 8.41. The number of carbonyl (C=O) groups excluding carboxylic acids is 2. The zero-order valence-corrected chi connectivity index (χ0v) is 10.7. The second-order valence-electron chi connectivity index (χ2n) is 4.54. The number of amides is 2. The zero-order valence-electron chi connectivity index (χ0n) is 10.7. The largest absolute Gasteiger partial charge is 0.348 e. The number of nitrogens with zero attached hydrogens (tertiary/aromatic N) is 3. The van der Waals surface area contributed by atoms with Gasteiger partial charge in [0.2, 0.25) is 5.91 Å². The van der Waals surface area contributed by atoms with Crippen molar-refractivity contribution >= 4 is 11.8 Å². The lowest BCUT2D eigenvalue weighted by molar-refractivity contribution is -0.142. The monoisotopic (exact) mass is 263 g/mol. The standard InChI is InChI=1S/C11H19F2N3O2/c1-14(2)9(17)8-15-4-3-5-16(7-6-15)11(18)10(12)13/h10H,3-8H2,1-2H3. The molecule has 1 aliphatic rings. The van der Waals surface area contributed by atoms with Crippen LogP contribution in [0.5, 0.6) is 0 Å². The number of halogens is 2. The van der Waals surface area contributed by atoms with Gasteiger partial charge in [0, 0.05) is 40.3 Å². The number of carbonyl (C=O) groups is 2. The highest BCUT2D eigenvalue weighted by molar-refractivity contribution is 5.79. The van der Waals surface area contributed by atoms with Gasteiger partial charge in [-0.2, -0.15) is 8.78 Å². The normalized spacial score (nSPS) is 17.7. The molecule has 18 heavy (non-hydrogen) atoms. The van der Waals surface area contributed by atoms with Gasteiger partial charge < -0.3 is 9.80 Å². The maximum Gasteiger partial charge on any atom is 0.315 e. The Kier molecular flexibility index (Phi) is 5.46. The molecule has 1 fully saturated rings. The van der Waals surface area contributed by atoms with E-state index < -0.39 is 12.3 Å². The van der Waals surface area contributed by atoms with Gasteiger partial charge >= 0.3 is 6.43 Å². The van der Waals surface area contributed by atoms with E-state index >= 15 is 0 Å². The van der Waals surface area contributed by atoms with Gasteiger partial charge in [0.25, 0.3) is 5.91 Å². The van der Waals surface area contributed by atoms with Crippen molar-refractivity contribution in [2.24, 2.45) is 0 Å². The number of hydrogen-bond acceptors (Lipinski definition) is 3. The van der Waals surface area contributed by atoms with Gasteiger partial charge in [0.15, 0.2) is 0 Å². The molecule has 0 radical (unpaired) electrons. The summed E-state index contributed by atoms with van der Waals surface area (Å²) in [7, 11) is 3.35. The number of hydrogen-bond donors (Lipinski definition) is 0. The summed E-state index contributed by atoms with van der Waals surface area (Å²) in [5, 5.41) is 0. The van der Waals surface area contributed by atoms with Gasteiger partial charge in [-0.25, -0.2) is 0 Å². The third-order valence-corrected chi connectivity index (χ3v) is 2.94. The summed E-state index contributed by atoms with van der Waals surface area (Å²) in [5.41, 5.74) is 0. The Labute approximate surface area is 105 Å². The molecule has 0 aromatic heterocycles. The van der Waals surface area contributed by atoms with Crippen LogP contribution in [0, 0.1) is 0 Å². The van der Waals surface area contributed by atoms with Crippen molar-refractivity contribution in [3.8, 4) is 0 Å². The van der Waals surface area contributed by atoms with E-state index in [2.05, 4.69) is 0 Å². The summed E-state index contributed by atoms with van der Waals surface area (Å²) in [6, 6.07) is 0. The lowest BCUT2D eigenvalue weighted by Gasteiger charge is -2.22. The van der Waals surface area contributed by atoms with Gasteiger partial charge in [0.1, 0.15) is 0 Å². The third-order valence-electron chi connectivity index (χ3n) is 2.94.